The lowest BCUT2D eigenvalue weighted by Gasteiger charge is -2.13. The molecule has 0 saturated heterocycles. The van der Waals surface area contributed by atoms with Crippen LogP contribution in [0.1, 0.15) is 42.2 Å². The molecule has 3 heterocycles. The van der Waals surface area contributed by atoms with E-state index in [4.69, 9.17) is 21.1 Å². The predicted molar refractivity (Wildman–Crippen MR) is 129 cm³/mol. The number of imidazole rings is 1. The molecule has 0 radical (unpaired) electrons. The van der Waals surface area contributed by atoms with Crippen LogP contribution in [0.15, 0.2) is 36.7 Å². The first-order chi connectivity index (χ1) is 16.0. The minimum atomic E-state index is -0.364. The molecule has 0 atom stereocenters. The standard InChI is InChI=1S/C25H26ClFN4O2/c1-4-6-21-20(5-2)30-24(31-21)7-8-33-23-12-19(27)15(10-22(23)32-3)9-16-13-28-25-18(16)11-17(26)14-29-25/h4,6,10-14H,5,7-9H2,1-3H3,(H,28,29)(H,30,31)/b6-4-. The van der Waals surface area contributed by atoms with Crippen LogP contribution in [0.2, 0.25) is 5.02 Å². The van der Waals surface area contributed by atoms with Gasteiger partial charge in [-0.1, -0.05) is 24.6 Å². The molecule has 0 unspecified atom stereocenters. The Balaban J connectivity index is 1.49. The van der Waals surface area contributed by atoms with E-state index in [0.29, 0.717) is 47.2 Å². The summed E-state index contributed by atoms with van der Waals surface area (Å²) in [6, 6.07) is 4.87. The van der Waals surface area contributed by atoms with Crippen molar-refractivity contribution in [2.24, 2.45) is 0 Å². The van der Waals surface area contributed by atoms with E-state index in [9.17, 15) is 4.39 Å². The fourth-order valence-corrected chi connectivity index (χ4v) is 3.95. The average Bonchev–Trinajstić information content (AvgIpc) is 3.39. The molecule has 0 aliphatic heterocycles. The van der Waals surface area contributed by atoms with Crippen LogP contribution in [0.4, 0.5) is 4.39 Å². The number of aryl methyl sites for hydroxylation is 1. The van der Waals surface area contributed by atoms with Gasteiger partial charge < -0.3 is 19.4 Å². The number of fused-ring (bicyclic) bond motifs is 1. The van der Waals surface area contributed by atoms with Crippen molar-refractivity contribution in [3.05, 3.63) is 75.8 Å². The number of aromatic amines is 2. The summed E-state index contributed by atoms with van der Waals surface area (Å²) < 4.78 is 26.3. The monoisotopic (exact) mass is 468 g/mol. The molecule has 172 valence electrons. The Morgan fingerprint density at radius 1 is 1.18 bits per heavy atom. The van der Waals surface area contributed by atoms with Gasteiger partial charge in [0.05, 0.1) is 24.4 Å². The molecule has 4 aromatic rings. The zero-order valence-electron chi connectivity index (χ0n) is 18.8. The van der Waals surface area contributed by atoms with E-state index >= 15 is 0 Å². The molecule has 8 heteroatoms. The van der Waals surface area contributed by atoms with E-state index < -0.39 is 0 Å². The molecule has 33 heavy (non-hydrogen) atoms. The number of hydrogen-bond acceptors (Lipinski definition) is 4. The van der Waals surface area contributed by atoms with Crippen LogP contribution in [-0.4, -0.2) is 33.7 Å². The molecule has 0 spiro atoms. The van der Waals surface area contributed by atoms with Crippen LogP contribution in [0, 0.1) is 5.82 Å². The Labute approximate surface area is 196 Å². The lowest BCUT2D eigenvalue weighted by molar-refractivity contribution is 0.293. The van der Waals surface area contributed by atoms with Gasteiger partial charge in [0.1, 0.15) is 17.3 Å². The van der Waals surface area contributed by atoms with Crippen LogP contribution >= 0.6 is 11.6 Å². The molecule has 0 aliphatic carbocycles. The van der Waals surface area contributed by atoms with E-state index in [-0.39, 0.29) is 5.82 Å². The lowest BCUT2D eigenvalue weighted by atomic mass is 10.0. The molecule has 4 rings (SSSR count). The third kappa shape index (κ3) is 5.03. The number of nitrogens with zero attached hydrogens (tertiary/aromatic N) is 2. The molecule has 0 fully saturated rings. The number of hydrogen-bond donors (Lipinski definition) is 2. The molecule has 6 nitrogen and oxygen atoms in total. The second-order valence-corrected chi connectivity index (χ2v) is 8.07. The third-order valence-corrected chi connectivity index (χ3v) is 5.64. The molecule has 0 amide bonds. The van der Waals surface area contributed by atoms with Gasteiger partial charge in [-0.15, -0.1) is 0 Å². The summed E-state index contributed by atoms with van der Waals surface area (Å²) in [4.78, 5) is 15.3. The molecule has 2 N–H and O–H groups in total. The van der Waals surface area contributed by atoms with Crippen LogP contribution in [0.5, 0.6) is 11.5 Å². The van der Waals surface area contributed by atoms with Crippen LogP contribution in [0.3, 0.4) is 0 Å². The summed E-state index contributed by atoms with van der Waals surface area (Å²) in [6.07, 6.45) is 9.14. The molecular weight excluding hydrogens is 443 g/mol. The number of benzene rings is 1. The zero-order valence-corrected chi connectivity index (χ0v) is 19.6. The number of allylic oxidation sites excluding steroid dienone is 1. The molecular formula is C25H26ClFN4O2. The smallest absolute Gasteiger partial charge is 0.164 e. The number of nitrogens with one attached hydrogen (secondary N) is 2. The van der Waals surface area contributed by atoms with Gasteiger partial charge >= 0.3 is 0 Å². The van der Waals surface area contributed by atoms with E-state index in [1.54, 1.807) is 19.4 Å². The summed E-state index contributed by atoms with van der Waals surface area (Å²) in [5, 5.41) is 1.40. The van der Waals surface area contributed by atoms with Crippen molar-refractivity contribution in [1.29, 1.82) is 0 Å². The molecule has 0 aliphatic rings. The zero-order chi connectivity index (χ0) is 23.4. The first-order valence-corrected chi connectivity index (χ1v) is 11.2. The normalized spacial score (nSPS) is 11.5. The number of ether oxygens (including phenoxy) is 2. The van der Waals surface area contributed by atoms with Crippen LogP contribution in [-0.2, 0) is 19.3 Å². The summed E-state index contributed by atoms with van der Waals surface area (Å²) in [6.45, 7) is 4.39. The van der Waals surface area contributed by atoms with Gasteiger partial charge in [-0.05, 0) is 42.7 Å². The highest BCUT2D eigenvalue weighted by molar-refractivity contribution is 6.31. The molecule has 0 bridgehead atoms. The van der Waals surface area contributed by atoms with E-state index in [1.165, 1.54) is 6.07 Å². The minimum Gasteiger partial charge on any atom is -0.493 e. The fourth-order valence-electron chi connectivity index (χ4n) is 3.79. The maximum Gasteiger partial charge on any atom is 0.164 e. The number of pyridine rings is 1. The minimum absolute atomic E-state index is 0.341. The van der Waals surface area contributed by atoms with Crippen molar-refractivity contribution in [3.63, 3.8) is 0 Å². The maximum atomic E-state index is 15.0. The second-order valence-electron chi connectivity index (χ2n) is 7.63. The van der Waals surface area contributed by atoms with Gasteiger partial charge in [0.2, 0.25) is 0 Å². The quantitative estimate of drug-likeness (QED) is 0.321. The highest BCUT2D eigenvalue weighted by Gasteiger charge is 2.15. The topological polar surface area (TPSA) is 75.8 Å². The van der Waals surface area contributed by atoms with Gasteiger partial charge in [0.15, 0.2) is 11.5 Å². The van der Waals surface area contributed by atoms with Crippen molar-refractivity contribution in [2.75, 3.05) is 13.7 Å². The Kier molecular flexibility index (Phi) is 6.99. The maximum absolute atomic E-state index is 15.0. The molecule has 0 saturated carbocycles. The highest BCUT2D eigenvalue weighted by Crippen LogP contribution is 2.32. The summed E-state index contributed by atoms with van der Waals surface area (Å²) in [5.74, 6) is 1.31. The van der Waals surface area contributed by atoms with Gasteiger partial charge in [0, 0.05) is 42.4 Å². The van der Waals surface area contributed by atoms with E-state index in [2.05, 4.69) is 26.9 Å². The van der Waals surface area contributed by atoms with Gasteiger partial charge in [-0.2, -0.15) is 0 Å². The molecule has 3 aromatic heterocycles. The Bertz CT molecular complexity index is 1300. The summed E-state index contributed by atoms with van der Waals surface area (Å²) >= 11 is 6.08. The highest BCUT2D eigenvalue weighted by atomic mass is 35.5. The van der Waals surface area contributed by atoms with E-state index in [0.717, 1.165) is 34.6 Å². The van der Waals surface area contributed by atoms with Crippen LogP contribution in [0.25, 0.3) is 17.1 Å². The summed E-state index contributed by atoms with van der Waals surface area (Å²) in [7, 11) is 1.54. The Morgan fingerprint density at radius 2 is 2.03 bits per heavy atom. The average molecular weight is 469 g/mol. The van der Waals surface area contributed by atoms with Crippen molar-refractivity contribution in [3.8, 4) is 11.5 Å². The summed E-state index contributed by atoms with van der Waals surface area (Å²) in [5.41, 5.74) is 4.14. The van der Waals surface area contributed by atoms with Gasteiger partial charge in [-0.3, -0.25) is 0 Å². The van der Waals surface area contributed by atoms with Crippen molar-refractivity contribution in [1.82, 2.24) is 19.9 Å². The first kappa shape index (κ1) is 22.9. The largest absolute Gasteiger partial charge is 0.493 e. The lowest BCUT2D eigenvalue weighted by Crippen LogP contribution is -2.05. The van der Waals surface area contributed by atoms with Gasteiger partial charge in [0.25, 0.3) is 0 Å². The number of H-pyrrole nitrogens is 2. The van der Waals surface area contributed by atoms with Crippen molar-refractivity contribution < 1.29 is 13.9 Å². The van der Waals surface area contributed by atoms with E-state index in [1.807, 2.05) is 31.3 Å². The van der Waals surface area contributed by atoms with Crippen molar-refractivity contribution in [2.45, 2.75) is 33.1 Å². The number of rotatable bonds is 9. The second kappa shape index (κ2) is 10.1. The number of methoxy groups -OCH3 is 1. The molecule has 1 aromatic carbocycles. The van der Waals surface area contributed by atoms with Crippen LogP contribution < -0.4 is 9.47 Å². The Hall–Kier alpha value is -3.32. The predicted octanol–water partition coefficient (Wildman–Crippen LogP) is 5.89. The third-order valence-electron chi connectivity index (χ3n) is 5.43. The Morgan fingerprint density at radius 3 is 2.79 bits per heavy atom. The first-order valence-electron chi connectivity index (χ1n) is 10.8. The number of aromatic nitrogens is 4. The van der Waals surface area contributed by atoms with Crippen molar-refractivity contribution >= 4 is 28.7 Å². The van der Waals surface area contributed by atoms with Gasteiger partial charge in [-0.25, -0.2) is 14.4 Å². The SMILES string of the molecule is C/C=C\c1nc(CCOc2cc(F)c(Cc3c[nH]c4ncc(Cl)cc34)cc2OC)[nH]c1CC. The number of halogens is 2. The fraction of sp³-hybridized carbons (Fsp3) is 0.280.